The standard InChI is InChI=1S/C13H19N3O4S/c1-4-9-15-8(2)11(13(18)19)12(16-9)21-7-10(17)14-5-6-20-3/h4-7H2,1-3H3,(H,14,17)(H,18,19). The molecular formula is C13H19N3O4S. The number of hydrogen-bond donors (Lipinski definition) is 2. The van der Waals surface area contributed by atoms with Crippen LogP contribution in [0.1, 0.15) is 28.8 Å². The van der Waals surface area contributed by atoms with Gasteiger partial charge in [0.25, 0.3) is 0 Å². The number of amides is 1. The second-order valence-electron chi connectivity index (χ2n) is 4.20. The van der Waals surface area contributed by atoms with Crippen LogP contribution in [0.4, 0.5) is 0 Å². The number of aryl methyl sites for hydroxylation is 2. The number of nitrogens with zero attached hydrogens (tertiary/aromatic N) is 2. The highest BCUT2D eigenvalue weighted by molar-refractivity contribution is 8.00. The lowest BCUT2D eigenvalue weighted by Gasteiger charge is -2.09. The summed E-state index contributed by atoms with van der Waals surface area (Å²) >= 11 is 1.10. The maximum absolute atomic E-state index is 11.6. The molecule has 1 rings (SSSR count). The Bertz CT molecular complexity index is 522. The first-order chi connectivity index (χ1) is 9.99. The third-order valence-electron chi connectivity index (χ3n) is 2.60. The number of carboxylic acids is 1. The van der Waals surface area contributed by atoms with Crippen molar-refractivity contribution in [2.45, 2.75) is 25.3 Å². The van der Waals surface area contributed by atoms with E-state index in [-0.39, 0.29) is 17.2 Å². The third kappa shape index (κ3) is 5.31. The number of methoxy groups -OCH3 is 1. The predicted octanol–water partition coefficient (Wildman–Crippen LogP) is 0.900. The Morgan fingerprint density at radius 3 is 2.67 bits per heavy atom. The molecule has 0 saturated heterocycles. The molecule has 0 fully saturated rings. The molecule has 8 heteroatoms. The van der Waals surface area contributed by atoms with Crippen molar-refractivity contribution in [1.82, 2.24) is 15.3 Å². The molecule has 0 aliphatic rings. The maximum Gasteiger partial charge on any atom is 0.340 e. The van der Waals surface area contributed by atoms with Crippen molar-refractivity contribution in [3.8, 4) is 0 Å². The minimum Gasteiger partial charge on any atom is -0.478 e. The largest absolute Gasteiger partial charge is 0.478 e. The molecule has 0 bridgehead atoms. The first-order valence-electron chi connectivity index (χ1n) is 6.48. The molecule has 0 saturated carbocycles. The fourth-order valence-electron chi connectivity index (χ4n) is 1.59. The molecule has 0 spiro atoms. The van der Waals surface area contributed by atoms with Crippen molar-refractivity contribution >= 4 is 23.6 Å². The number of aromatic nitrogens is 2. The van der Waals surface area contributed by atoms with E-state index in [0.717, 1.165) is 11.8 Å². The molecular weight excluding hydrogens is 294 g/mol. The van der Waals surface area contributed by atoms with Gasteiger partial charge in [-0.05, 0) is 6.92 Å². The summed E-state index contributed by atoms with van der Waals surface area (Å²) in [5, 5.41) is 12.2. The molecule has 1 aromatic heterocycles. The molecule has 0 radical (unpaired) electrons. The van der Waals surface area contributed by atoms with Crippen molar-refractivity contribution in [3.05, 3.63) is 17.1 Å². The number of aromatic carboxylic acids is 1. The minimum absolute atomic E-state index is 0.0573. The lowest BCUT2D eigenvalue weighted by molar-refractivity contribution is -0.118. The van der Waals surface area contributed by atoms with Gasteiger partial charge in [-0.3, -0.25) is 4.79 Å². The molecule has 1 amide bonds. The van der Waals surface area contributed by atoms with Gasteiger partial charge in [-0.25, -0.2) is 14.8 Å². The number of ether oxygens (including phenoxy) is 1. The predicted molar refractivity (Wildman–Crippen MR) is 78.7 cm³/mol. The van der Waals surface area contributed by atoms with E-state index in [9.17, 15) is 14.7 Å². The maximum atomic E-state index is 11.6. The topological polar surface area (TPSA) is 101 Å². The van der Waals surface area contributed by atoms with E-state index in [4.69, 9.17) is 4.74 Å². The van der Waals surface area contributed by atoms with Crippen molar-refractivity contribution in [3.63, 3.8) is 0 Å². The van der Waals surface area contributed by atoms with Gasteiger partial charge < -0.3 is 15.2 Å². The summed E-state index contributed by atoms with van der Waals surface area (Å²) < 4.78 is 4.83. The zero-order valence-electron chi connectivity index (χ0n) is 12.3. The Balaban J connectivity index is 2.79. The molecule has 0 unspecified atom stereocenters. The van der Waals surface area contributed by atoms with Gasteiger partial charge in [-0.2, -0.15) is 0 Å². The number of nitrogens with one attached hydrogen (secondary N) is 1. The molecule has 0 aliphatic heterocycles. The van der Waals surface area contributed by atoms with E-state index < -0.39 is 5.97 Å². The third-order valence-corrected chi connectivity index (χ3v) is 3.58. The van der Waals surface area contributed by atoms with Crippen LogP contribution in [0.15, 0.2) is 5.03 Å². The molecule has 0 atom stereocenters. The van der Waals surface area contributed by atoms with Crippen LogP contribution in [0.25, 0.3) is 0 Å². The van der Waals surface area contributed by atoms with E-state index in [1.54, 1.807) is 14.0 Å². The van der Waals surface area contributed by atoms with Crippen molar-refractivity contribution in [2.24, 2.45) is 0 Å². The average Bonchev–Trinajstić information content (AvgIpc) is 2.44. The Morgan fingerprint density at radius 1 is 1.38 bits per heavy atom. The normalized spacial score (nSPS) is 10.4. The molecule has 1 heterocycles. The van der Waals surface area contributed by atoms with Crippen molar-refractivity contribution in [1.29, 1.82) is 0 Å². The highest BCUT2D eigenvalue weighted by Crippen LogP contribution is 2.22. The van der Waals surface area contributed by atoms with Crippen LogP contribution in [-0.4, -0.2) is 53.0 Å². The fourth-order valence-corrected chi connectivity index (χ4v) is 2.51. The molecule has 7 nitrogen and oxygen atoms in total. The number of thioether (sulfide) groups is 1. The summed E-state index contributed by atoms with van der Waals surface area (Å²) in [4.78, 5) is 31.3. The van der Waals surface area contributed by atoms with Gasteiger partial charge in [-0.15, -0.1) is 0 Å². The molecule has 0 aliphatic carbocycles. The Morgan fingerprint density at radius 2 is 2.10 bits per heavy atom. The van der Waals surface area contributed by atoms with Gasteiger partial charge in [0.15, 0.2) is 0 Å². The zero-order chi connectivity index (χ0) is 15.8. The molecule has 2 N–H and O–H groups in total. The van der Waals surface area contributed by atoms with Gasteiger partial charge in [0.2, 0.25) is 5.91 Å². The minimum atomic E-state index is -1.09. The summed E-state index contributed by atoms with van der Waals surface area (Å²) in [5.41, 5.74) is 0.471. The Labute approximate surface area is 127 Å². The number of carbonyl (C=O) groups is 2. The van der Waals surface area contributed by atoms with E-state index >= 15 is 0 Å². The zero-order valence-corrected chi connectivity index (χ0v) is 13.1. The highest BCUT2D eigenvalue weighted by Gasteiger charge is 2.18. The van der Waals surface area contributed by atoms with E-state index in [2.05, 4.69) is 15.3 Å². The lowest BCUT2D eigenvalue weighted by Crippen LogP contribution is -2.28. The van der Waals surface area contributed by atoms with Gasteiger partial charge in [0.05, 0.1) is 18.1 Å². The first kappa shape index (κ1) is 17.4. The van der Waals surface area contributed by atoms with E-state index in [0.29, 0.717) is 36.1 Å². The van der Waals surface area contributed by atoms with E-state index in [1.165, 1.54) is 0 Å². The van der Waals surface area contributed by atoms with Crippen LogP contribution < -0.4 is 5.32 Å². The molecule has 0 aromatic carbocycles. The highest BCUT2D eigenvalue weighted by atomic mass is 32.2. The number of rotatable bonds is 8. The van der Waals surface area contributed by atoms with E-state index in [1.807, 2.05) is 6.92 Å². The summed E-state index contributed by atoms with van der Waals surface area (Å²) in [6.07, 6.45) is 0.605. The van der Waals surface area contributed by atoms with Crippen LogP contribution in [0.3, 0.4) is 0 Å². The monoisotopic (exact) mass is 313 g/mol. The van der Waals surface area contributed by atoms with Crippen LogP contribution in [0.5, 0.6) is 0 Å². The summed E-state index contributed by atoms with van der Waals surface area (Å²) in [6, 6.07) is 0. The molecule has 116 valence electrons. The number of carbonyl (C=O) groups excluding carboxylic acids is 1. The SMILES string of the molecule is CCc1nc(C)c(C(=O)O)c(SCC(=O)NCCOC)n1. The van der Waals surface area contributed by atoms with Gasteiger partial charge in [-0.1, -0.05) is 18.7 Å². The lowest BCUT2D eigenvalue weighted by atomic mass is 10.2. The fraction of sp³-hybridized carbons (Fsp3) is 0.538. The van der Waals surface area contributed by atoms with Crippen LogP contribution in [0, 0.1) is 6.92 Å². The van der Waals surface area contributed by atoms with Crippen molar-refractivity contribution in [2.75, 3.05) is 26.0 Å². The Kier molecular flexibility index (Phi) is 7.10. The quantitative estimate of drug-likeness (QED) is 0.417. The average molecular weight is 313 g/mol. The smallest absolute Gasteiger partial charge is 0.340 e. The molecule has 21 heavy (non-hydrogen) atoms. The second kappa shape index (κ2) is 8.58. The summed E-state index contributed by atoms with van der Waals surface area (Å²) in [7, 11) is 1.55. The van der Waals surface area contributed by atoms with Gasteiger partial charge in [0, 0.05) is 20.1 Å². The van der Waals surface area contributed by atoms with Gasteiger partial charge in [0.1, 0.15) is 16.4 Å². The van der Waals surface area contributed by atoms with Crippen LogP contribution in [0.2, 0.25) is 0 Å². The number of hydrogen-bond acceptors (Lipinski definition) is 6. The van der Waals surface area contributed by atoms with Crippen LogP contribution >= 0.6 is 11.8 Å². The first-order valence-corrected chi connectivity index (χ1v) is 7.47. The number of carboxylic acid groups (broad SMARTS) is 1. The second-order valence-corrected chi connectivity index (χ2v) is 5.16. The van der Waals surface area contributed by atoms with Crippen molar-refractivity contribution < 1.29 is 19.4 Å². The Hall–Kier alpha value is -1.67. The molecule has 1 aromatic rings. The summed E-state index contributed by atoms with van der Waals surface area (Å²) in [5.74, 6) is -0.608. The summed E-state index contributed by atoms with van der Waals surface area (Å²) in [6.45, 7) is 4.38. The van der Waals surface area contributed by atoms with Gasteiger partial charge >= 0.3 is 5.97 Å². The van der Waals surface area contributed by atoms with Crippen LogP contribution in [-0.2, 0) is 16.0 Å².